The smallest absolute Gasteiger partial charge is 0.747 e. The monoisotopic (exact) mass is 220 g/mol. The fraction of sp³-hybridized carbons (Fsp3) is 0.111. The summed E-state index contributed by atoms with van der Waals surface area (Å²) in [6, 6.07) is 8.28. The molecule has 0 fully saturated rings. The van der Waals surface area contributed by atoms with E-state index in [4.69, 9.17) is 0 Å². The molecule has 1 atom stereocenters. The molecule has 0 aromatic heterocycles. The van der Waals surface area contributed by atoms with Crippen LogP contribution in [0.25, 0.3) is 0 Å². The predicted molar refractivity (Wildman–Crippen MR) is 49.1 cm³/mol. The summed E-state index contributed by atoms with van der Waals surface area (Å²) in [4.78, 5) is 0. The molecule has 0 heterocycles. The fourth-order valence-electron chi connectivity index (χ4n) is 1.06. The summed E-state index contributed by atoms with van der Waals surface area (Å²) in [6.45, 7) is 3.32. The predicted octanol–water partition coefficient (Wildman–Crippen LogP) is -1.54. The summed E-state index contributed by atoms with van der Waals surface area (Å²) in [5.41, 5.74) is 0.451. The van der Waals surface area contributed by atoms with E-state index in [9.17, 15) is 13.0 Å². The van der Waals surface area contributed by atoms with Crippen LogP contribution >= 0.6 is 0 Å². The van der Waals surface area contributed by atoms with Gasteiger partial charge in [-0.2, -0.15) is 0 Å². The molecule has 14 heavy (non-hydrogen) atoms. The van der Waals surface area contributed by atoms with Crippen LogP contribution in [0.15, 0.2) is 43.0 Å². The van der Waals surface area contributed by atoms with Crippen molar-refractivity contribution in [3.05, 3.63) is 48.6 Å². The van der Waals surface area contributed by atoms with Crippen molar-refractivity contribution in [3.63, 3.8) is 0 Å². The molecular formula is C9H9NaO3S. The van der Waals surface area contributed by atoms with E-state index >= 15 is 0 Å². The van der Waals surface area contributed by atoms with Crippen molar-refractivity contribution in [2.24, 2.45) is 0 Å². The van der Waals surface area contributed by atoms with Crippen molar-refractivity contribution < 1.29 is 42.5 Å². The third-order valence-electron chi connectivity index (χ3n) is 1.65. The second-order valence-electron chi connectivity index (χ2n) is 2.56. The first-order valence-corrected chi connectivity index (χ1v) is 5.15. The Kier molecular flexibility index (Phi) is 5.63. The van der Waals surface area contributed by atoms with Gasteiger partial charge in [-0.05, 0) is 5.56 Å². The first-order chi connectivity index (χ1) is 6.05. The quantitative estimate of drug-likeness (QED) is 0.352. The molecule has 0 N–H and O–H groups in total. The van der Waals surface area contributed by atoms with E-state index in [1.165, 1.54) is 0 Å². The van der Waals surface area contributed by atoms with Crippen LogP contribution < -0.4 is 29.6 Å². The minimum Gasteiger partial charge on any atom is -0.747 e. The van der Waals surface area contributed by atoms with Gasteiger partial charge in [0.25, 0.3) is 0 Å². The maximum Gasteiger partial charge on any atom is 1.00 e. The van der Waals surface area contributed by atoms with Crippen molar-refractivity contribution in [2.45, 2.75) is 5.25 Å². The topological polar surface area (TPSA) is 57.2 Å². The molecule has 0 bridgehead atoms. The summed E-state index contributed by atoms with van der Waals surface area (Å²) < 4.78 is 32.2. The molecule has 1 rings (SSSR count). The maximum atomic E-state index is 10.7. The molecule has 1 aromatic rings. The van der Waals surface area contributed by atoms with Crippen molar-refractivity contribution in [1.29, 1.82) is 0 Å². The van der Waals surface area contributed by atoms with Crippen molar-refractivity contribution in [2.75, 3.05) is 0 Å². The maximum absolute atomic E-state index is 10.7. The van der Waals surface area contributed by atoms with E-state index in [-0.39, 0.29) is 29.6 Å². The SMILES string of the molecule is C=CC(c1ccccc1)S(=O)(=O)[O-].[Na+]. The molecule has 0 aliphatic rings. The Hall–Kier alpha value is -0.130. The van der Waals surface area contributed by atoms with E-state index in [1.807, 2.05) is 0 Å². The number of hydrogen-bond donors (Lipinski definition) is 0. The molecule has 70 valence electrons. The van der Waals surface area contributed by atoms with Gasteiger partial charge in [-0.1, -0.05) is 36.4 Å². The molecule has 3 nitrogen and oxygen atoms in total. The van der Waals surface area contributed by atoms with Crippen LogP contribution in [0.3, 0.4) is 0 Å². The number of rotatable bonds is 3. The van der Waals surface area contributed by atoms with Gasteiger partial charge in [-0.3, -0.25) is 0 Å². The van der Waals surface area contributed by atoms with Gasteiger partial charge in [-0.25, -0.2) is 8.42 Å². The zero-order valence-corrected chi connectivity index (χ0v) is 10.7. The molecule has 0 saturated heterocycles. The van der Waals surface area contributed by atoms with Crippen LogP contribution in [-0.2, 0) is 10.1 Å². The average molecular weight is 220 g/mol. The summed E-state index contributed by atoms with van der Waals surface area (Å²) >= 11 is 0. The molecule has 0 radical (unpaired) electrons. The number of hydrogen-bond acceptors (Lipinski definition) is 3. The van der Waals surface area contributed by atoms with Gasteiger partial charge in [0.1, 0.15) is 10.1 Å². The second-order valence-corrected chi connectivity index (χ2v) is 4.05. The Morgan fingerprint density at radius 1 is 1.29 bits per heavy atom. The van der Waals surface area contributed by atoms with Crippen LogP contribution in [0.4, 0.5) is 0 Å². The Balaban J connectivity index is 0.00000169. The Bertz CT molecular complexity index is 386. The van der Waals surface area contributed by atoms with Crippen LogP contribution in [0.2, 0.25) is 0 Å². The van der Waals surface area contributed by atoms with E-state index in [1.54, 1.807) is 30.3 Å². The first kappa shape index (κ1) is 13.9. The Labute approximate surface area is 106 Å². The third kappa shape index (κ3) is 3.55. The van der Waals surface area contributed by atoms with Gasteiger partial charge < -0.3 is 4.55 Å². The minimum absolute atomic E-state index is 0. The van der Waals surface area contributed by atoms with E-state index in [2.05, 4.69) is 6.58 Å². The summed E-state index contributed by atoms with van der Waals surface area (Å²) in [6.07, 6.45) is 1.14. The van der Waals surface area contributed by atoms with Crippen LogP contribution in [0.1, 0.15) is 10.8 Å². The van der Waals surface area contributed by atoms with Crippen LogP contribution in [0, 0.1) is 0 Å². The molecule has 0 spiro atoms. The molecule has 0 aliphatic carbocycles. The summed E-state index contributed by atoms with van der Waals surface area (Å²) in [7, 11) is -4.34. The molecule has 5 heteroatoms. The largest absolute Gasteiger partial charge is 1.00 e. The van der Waals surface area contributed by atoms with E-state index < -0.39 is 15.4 Å². The number of benzene rings is 1. The molecule has 0 amide bonds. The third-order valence-corrected chi connectivity index (χ3v) is 2.74. The molecule has 1 unspecified atom stereocenters. The first-order valence-electron chi connectivity index (χ1n) is 3.68. The average Bonchev–Trinajstić information content (AvgIpc) is 2.05. The van der Waals surface area contributed by atoms with Crippen LogP contribution in [0.5, 0.6) is 0 Å². The van der Waals surface area contributed by atoms with Gasteiger partial charge in [0.05, 0.1) is 5.25 Å². The molecule has 0 aliphatic heterocycles. The zero-order valence-electron chi connectivity index (χ0n) is 7.88. The normalized spacial score (nSPS) is 12.6. The van der Waals surface area contributed by atoms with Gasteiger partial charge in [0.15, 0.2) is 0 Å². The zero-order chi connectivity index (χ0) is 9.90. The summed E-state index contributed by atoms with van der Waals surface area (Å²) in [5.74, 6) is 0. The Morgan fingerprint density at radius 2 is 1.79 bits per heavy atom. The van der Waals surface area contributed by atoms with Crippen molar-refractivity contribution >= 4 is 10.1 Å². The van der Waals surface area contributed by atoms with E-state index in [0.717, 1.165) is 6.08 Å². The van der Waals surface area contributed by atoms with E-state index in [0.29, 0.717) is 5.56 Å². The molecular weight excluding hydrogens is 211 g/mol. The van der Waals surface area contributed by atoms with Gasteiger partial charge in [0, 0.05) is 0 Å². The second kappa shape index (κ2) is 5.68. The van der Waals surface area contributed by atoms with Crippen molar-refractivity contribution in [3.8, 4) is 0 Å². The van der Waals surface area contributed by atoms with Gasteiger partial charge >= 0.3 is 29.6 Å². The Morgan fingerprint density at radius 3 is 2.14 bits per heavy atom. The summed E-state index contributed by atoms with van der Waals surface area (Å²) in [5, 5.41) is -1.14. The molecule has 1 aromatic carbocycles. The van der Waals surface area contributed by atoms with Gasteiger partial charge in [-0.15, -0.1) is 6.58 Å². The van der Waals surface area contributed by atoms with Crippen molar-refractivity contribution in [1.82, 2.24) is 0 Å². The minimum atomic E-state index is -4.34. The fourth-order valence-corrected chi connectivity index (χ4v) is 1.79. The van der Waals surface area contributed by atoms with Crippen LogP contribution in [-0.4, -0.2) is 13.0 Å². The standard InChI is InChI=1S/C9H10O3S.Na/c1-2-9(13(10,11)12)8-6-4-3-5-7-8;/h2-7,9H,1H2,(H,10,11,12);/q;+1/p-1. The van der Waals surface area contributed by atoms with Gasteiger partial charge in [0.2, 0.25) is 0 Å². The molecule has 0 saturated carbocycles.